The summed E-state index contributed by atoms with van der Waals surface area (Å²) in [7, 11) is 0. The molecule has 4 heteroatoms. The molecule has 0 saturated heterocycles. The maximum atomic E-state index is 11.5. The lowest BCUT2D eigenvalue weighted by Crippen LogP contribution is -2.51. The van der Waals surface area contributed by atoms with Crippen molar-refractivity contribution in [2.75, 3.05) is 11.4 Å². The van der Waals surface area contributed by atoms with Crippen molar-refractivity contribution in [1.82, 2.24) is 4.98 Å². The summed E-state index contributed by atoms with van der Waals surface area (Å²) in [5, 5.41) is 10.5. The lowest BCUT2D eigenvalue weighted by molar-refractivity contribution is -0.142. The van der Waals surface area contributed by atoms with Crippen LogP contribution in [0.4, 0.5) is 5.82 Å². The maximum Gasteiger partial charge on any atom is 0.328 e. The molecule has 1 aromatic carbocycles. The SMILES string of the molecule is CCN(c1nc2ccccc2cc1C)C(C)(C)C(=O)O. The van der Waals surface area contributed by atoms with E-state index in [-0.39, 0.29) is 0 Å². The third-order valence-electron chi connectivity index (χ3n) is 3.66. The number of fused-ring (bicyclic) bond motifs is 1. The molecular formula is C16H20N2O2. The predicted molar refractivity (Wildman–Crippen MR) is 81.2 cm³/mol. The van der Waals surface area contributed by atoms with Crippen LogP contribution in [0.2, 0.25) is 0 Å². The number of anilines is 1. The molecule has 0 aliphatic rings. The molecule has 0 amide bonds. The van der Waals surface area contributed by atoms with Crippen molar-refractivity contribution in [3.8, 4) is 0 Å². The Labute approximate surface area is 119 Å². The van der Waals surface area contributed by atoms with Gasteiger partial charge in [-0.3, -0.25) is 0 Å². The van der Waals surface area contributed by atoms with Crippen molar-refractivity contribution in [2.24, 2.45) is 0 Å². The average Bonchev–Trinajstić information content (AvgIpc) is 2.39. The highest BCUT2D eigenvalue weighted by Gasteiger charge is 2.35. The zero-order chi connectivity index (χ0) is 14.9. The molecule has 4 nitrogen and oxygen atoms in total. The molecule has 0 fully saturated rings. The molecule has 0 atom stereocenters. The molecule has 2 rings (SSSR count). The van der Waals surface area contributed by atoms with Gasteiger partial charge in [0, 0.05) is 11.9 Å². The number of carboxylic acid groups (broad SMARTS) is 1. The third kappa shape index (κ3) is 2.33. The molecule has 0 spiro atoms. The summed E-state index contributed by atoms with van der Waals surface area (Å²) in [6.07, 6.45) is 0. The molecule has 0 radical (unpaired) electrons. The van der Waals surface area contributed by atoms with E-state index in [0.717, 1.165) is 22.3 Å². The van der Waals surface area contributed by atoms with Crippen LogP contribution in [0.1, 0.15) is 26.3 Å². The first-order valence-corrected chi connectivity index (χ1v) is 6.75. The fourth-order valence-electron chi connectivity index (χ4n) is 2.41. The zero-order valence-corrected chi connectivity index (χ0v) is 12.3. The molecule has 0 aliphatic heterocycles. The molecule has 0 bridgehead atoms. The topological polar surface area (TPSA) is 53.4 Å². The van der Waals surface area contributed by atoms with E-state index in [9.17, 15) is 9.90 Å². The summed E-state index contributed by atoms with van der Waals surface area (Å²) in [6.45, 7) is 7.91. The number of hydrogen-bond donors (Lipinski definition) is 1. The number of likely N-dealkylation sites (N-methyl/N-ethyl adjacent to an activating group) is 1. The lowest BCUT2D eigenvalue weighted by atomic mass is 10.0. The molecule has 1 aromatic heterocycles. The largest absolute Gasteiger partial charge is 0.480 e. The van der Waals surface area contributed by atoms with Crippen LogP contribution < -0.4 is 4.90 Å². The molecule has 1 N–H and O–H groups in total. The third-order valence-corrected chi connectivity index (χ3v) is 3.66. The number of pyridine rings is 1. The first kappa shape index (κ1) is 14.3. The Morgan fingerprint density at radius 2 is 2.00 bits per heavy atom. The van der Waals surface area contributed by atoms with Gasteiger partial charge in [-0.25, -0.2) is 9.78 Å². The average molecular weight is 272 g/mol. The van der Waals surface area contributed by atoms with Gasteiger partial charge < -0.3 is 10.0 Å². The van der Waals surface area contributed by atoms with Crippen LogP contribution >= 0.6 is 0 Å². The van der Waals surface area contributed by atoms with Gasteiger partial charge in [-0.05, 0) is 45.4 Å². The van der Waals surface area contributed by atoms with E-state index in [1.54, 1.807) is 13.8 Å². The number of carbonyl (C=O) groups is 1. The summed E-state index contributed by atoms with van der Waals surface area (Å²) in [5.41, 5.74) is 0.877. The number of nitrogens with zero attached hydrogens (tertiary/aromatic N) is 2. The highest BCUT2D eigenvalue weighted by Crippen LogP contribution is 2.28. The van der Waals surface area contributed by atoms with Crippen LogP contribution in [0.5, 0.6) is 0 Å². The number of rotatable bonds is 4. The smallest absolute Gasteiger partial charge is 0.328 e. The number of carboxylic acids is 1. The zero-order valence-electron chi connectivity index (χ0n) is 12.3. The van der Waals surface area contributed by atoms with Gasteiger partial charge >= 0.3 is 5.97 Å². The van der Waals surface area contributed by atoms with E-state index >= 15 is 0 Å². The molecule has 2 aromatic rings. The van der Waals surface area contributed by atoms with Crippen LogP contribution in [0.25, 0.3) is 10.9 Å². The standard InChI is InChI=1S/C16H20N2O2/c1-5-18(16(3,4)15(19)20)14-11(2)10-12-8-6-7-9-13(12)17-14/h6-10H,5H2,1-4H3,(H,19,20). The van der Waals surface area contributed by atoms with Crippen LogP contribution in [0.3, 0.4) is 0 Å². The Morgan fingerprint density at radius 3 is 2.60 bits per heavy atom. The number of hydrogen-bond acceptors (Lipinski definition) is 3. The van der Waals surface area contributed by atoms with E-state index in [1.165, 1.54) is 0 Å². The first-order chi connectivity index (χ1) is 9.37. The van der Waals surface area contributed by atoms with Crippen molar-refractivity contribution < 1.29 is 9.90 Å². The van der Waals surface area contributed by atoms with Gasteiger partial charge in [0.25, 0.3) is 0 Å². The number of aliphatic carboxylic acids is 1. The number of benzene rings is 1. The van der Waals surface area contributed by atoms with E-state index in [0.29, 0.717) is 6.54 Å². The normalized spacial score (nSPS) is 11.6. The second-order valence-electron chi connectivity index (χ2n) is 5.43. The van der Waals surface area contributed by atoms with Gasteiger partial charge in [-0.15, -0.1) is 0 Å². The molecule has 20 heavy (non-hydrogen) atoms. The summed E-state index contributed by atoms with van der Waals surface area (Å²) >= 11 is 0. The van der Waals surface area contributed by atoms with Crippen molar-refractivity contribution in [2.45, 2.75) is 33.2 Å². The number of aryl methyl sites for hydroxylation is 1. The Bertz CT molecular complexity index is 650. The monoisotopic (exact) mass is 272 g/mol. The molecule has 106 valence electrons. The summed E-state index contributed by atoms with van der Waals surface area (Å²) in [4.78, 5) is 18.0. The van der Waals surface area contributed by atoms with Gasteiger partial charge in [0.15, 0.2) is 0 Å². The quantitative estimate of drug-likeness (QED) is 0.928. The summed E-state index contributed by atoms with van der Waals surface area (Å²) in [6, 6.07) is 9.92. The minimum Gasteiger partial charge on any atom is -0.480 e. The minimum absolute atomic E-state index is 0.589. The van der Waals surface area contributed by atoms with Gasteiger partial charge in [0.05, 0.1) is 5.52 Å². The number of aromatic nitrogens is 1. The Balaban J connectivity index is 2.60. The van der Waals surface area contributed by atoms with Gasteiger partial charge in [0.2, 0.25) is 0 Å². The highest BCUT2D eigenvalue weighted by atomic mass is 16.4. The van der Waals surface area contributed by atoms with E-state index in [1.807, 2.05) is 43.0 Å². The fraction of sp³-hybridized carbons (Fsp3) is 0.375. The molecule has 0 saturated carbocycles. The van der Waals surface area contributed by atoms with Crippen molar-refractivity contribution >= 4 is 22.7 Å². The first-order valence-electron chi connectivity index (χ1n) is 6.75. The van der Waals surface area contributed by atoms with Crippen LogP contribution in [0, 0.1) is 6.92 Å². The van der Waals surface area contributed by atoms with E-state index in [4.69, 9.17) is 0 Å². The van der Waals surface area contributed by atoms with Crippen LogP contribution in [-0.2, 0) is 4.79 Å². The van der Waals surface area contributed by atoms with Crippen molar-refractivity contribution in [3.05, 3.63) is 35.9 Å². The lowest BCUT2D eigenvalue weighted by Gasteiger charge is -2.36. The van der Waals surface area contributed by atoms with Crippen LogP contribution in [0.15, 0.2) is 30.3 Å². The van der Waals surface area contributed by atoms with Crippen molar-refractivity contribution in [3.63, 3.8) is 0 Å². The molecular weight excluding hydrogens is 252 g/mol. The molecule has 0 aliphatic carbocycles. The molecule has 0 unspecified atom stereocenters. The fourth-order valence-corrected chi connectivity index (χ4v) is 2.41. The Hall–Kier alpha value is -2.10. The van der Waals surface area contributed by atoms with Crippen LogP contribution in [-0.4, -0.2) is 28.1 Å². The second kappa shape index (κ2) is 5.12. The van der Waals surface area contributed by atoms with Gasteiger partial charge in [0.1, 0.15) is 11.4 Å². The Kier molecular flexibility index (Phi) is 3.66. The van der Waals surface area contributed by atoms with Gasteiger partial charge in [-0.2, -0.15) is 0 Å². The summed E-state index contributed by atoms with van der Waals surface area (Å²) in [5.74, 6) is -0.118. The maximum absolute atomic E-state index is 11.5. The predicted octanol–water partition coefficient (Wildman–Crippen LogP) is 3.23. The Morgan fingerprint density at radius 1 is 1.35 bits per heavy atom. The van der Waals surface area contributed by atoms with E-state index < -0.39 is 11.5 Å². The minimum atomic E-state index is -0.991. The second-order valence-corrected chi connectivity index (χ2v) is 5.43. The highest BCUT2D eigenvalue weighted by molar-refractivity contribution is 5.85. The van der Waals surface area contributed by atoms with Crippen molar-refractivity contribution in [1.29, 1.82) is 0 Å². The molecule has 1 heterocycles. The van der Waals surface area contributed by atoms with Gasteiger partial charge in [-0.1, -0.05) is 18.2 Å². The van der Waals surface area contributed by atoms with E-state index in [2.05, 4.69) is 11.1 Å². The number of para-hydroxylation sites is 1. The summed E-state index contributed by atoms with van der Waals surface area (Å²) < 4.78 is 0.